The van der Waals surface area contributed by atoms with Gasteiger partial charge in [0.25, 0.3) is 5.91 Å². The van der Waals surface area contributed by atoms with E-state index in [-0.39, 0.29) is 11.3 Å². The molecule has 0 spiro atoms. The summed E-state index contributed by atoms with van der Waals surface area (Å²) in [7, 11) is 0. The molecule has 112 valence electrons. The van der Waals surface area contributed by atoms with Crippen LogP contribution in [0.15, 0.2) is 18.2 Å². The molecule has 0 aromatic heterocycles. The lowest BCUT2D eigenvalue weighted by Gasteiger charge is -2.22. The lowest BCUT2D eigenvalue weighted by molar-refractivity contribution is -0.128. The SMILES string of the molecule is CCCC(Oc1ccc(C(C)(C)C)cc1C)C(=O)NN. The van der Waals surface area contributed by atoms with Crippen molar-refractivity contribution in [3.05, 3.63) is 29.3 Å². The number of hydrazine groups is 1. The first kappa shape index (κ1) is 16.5. The van der Waals surface area contributed by atoms with Crippen LogP contribution >= 0.6 is 0 Å². The topological polar surface area (TPSA) is 64.3 Å². The molecule has 0 aliphatic carbocycles. The minimum Gasteiger partial charge on any atom is -0.480 e. The fourth-order valence-electron chi connectivity index (χ4n) is 2.00. The van der Waals surface area contributed by atoms with Gasteiger partial charge in [0.1, 0.15) is 5.75 Å². The Morgan fingerprint density at radius 2 is 2.05 bits per heavy atom. The molecule has 3 N–H and O–H groups in total. The molecule has 1 atom stereocenters. The smallest absolute Gasteiger partial charge is 0.274 e. The summed E-state index contributed by atoms with van der Waals surface area (Å²) >= 11 is 0. The van der Waals surface area contributed by atoms with E-state index in [1.54, 1.807) is 0 Å². The van der Waals surface area contributed by atoms with Gasteiger partial charge >= 0.3 is 0 Å². The van der Waals surface area contributed by atoms with Crippen LogP contribution in [-0.4, -0.2) is 12.0 Å². The third kappa shape index (κ3) is 4.23. The van der Waals surface area contributed by atoms with Crippen molar-refractivity contribution in [2.75, 3.05) is 0 Å². The average molecular weight is 278 g/mol. The number of carbonyl (C=O) groups is 1. The molecule has 1 aromatic rings. The molecular weight excluding hydrogens is 252 g/mol. The lowest BCUT2D eigenvalue weighted by Crippen LogP contribution is -2.42. The molecule has 0 aliphatic heterocycles. The van der Waals surface area contributed by atoms with Gasteiger partial charge in [-0.2, -0.15) is 0 Å². The molecule has 20 heavy (non-hydrogen) atoms. The number of rotatable bonds is 5. The number of nitrogens with two attached hydrogens (primary N) is 1. The van der Waals surface area contributed by atoms with Gasteiger partial charge in [0.05, 0.1) is 0 Å². The maximum atomic E-state index is 11.7. The summed E-state index contributed by atoms with van der Waals surface area (Å²) in [6, 6.07) is 6.09. The second-order valence-corrected chi connectivity index (χ2v) is 6.13. The van der Waals surface area contributed by atoms with Crippen LogP contribution < -0.4 is 16.0 Å². The molecule has 0 radical (unpaired) electrons. The summed E-state index contributed by atoms with van der Waals surface area (Å²) < 4.78 is 5.81. The Balaban J connectivity index is 2.94. The van der Waals surface area contributed by atoms with Crippen LogP contribution in [0.2, 0.25) is 0 Å². The van der Waals surface area contributed by atoms with Crippen molar-refractivity contribution in [2.45, 2.75) is 59.0 Å². The highest BCUT2D eigenvalue weighted by molar-refractivity contribution is 5.80. The van der Waals surface area contributed by atoms with Gasteiger partial charge < -0.3 is 4.74 Å². The number of carbonyl (C=O) groups excluding carboxylic acids is 1. The summed E-state index contributed by atoms with van der Waals surface area (Å²) in [6.07, 6.45) is 0.963. The Bertz CT molecular complexity index is 464. The maximum Gasteiger partial charge on any atom is 0.274 e. The van der Waals surface area contributed by atoms with Crippen molar-refractivity contribution in [3.63, 3.8) is 0 Å². The summed E-state index contributed by atoms with van der Waals surface area (Å²) in [5, 5.41) is 0. The van der Waals surface area contributed by atoms with Crippen LogP contribution in [0.5, 0.6) is 5.75 Å². The Kier molecular flexibility index (Phi) is 5.57. The molecule has 0 saturated carbocycles. The van der Waals surface area contributed by atoms with E-state index in [4.69, 9.17) is 10.6 Å². The van der Waals surface area contributed by atoms with Crippen molar-refractivity contribution < 1.29 is 9.53 Å². The molecule has 4 nitrogen and oxygen atoms in total. The number of hydrogen-bond donors (Lipinski definition) is 2. The van der Waals surface area contributed by atoms with E-state index in [2.05, 4.69) is 32.3 Å². The molecule has 1 amide bonds. The molecule has 0 saturated heterocycles. The van der Waals surface area contributed by atoms with E-state index in [1.807, 2.05) is 26.0 Å². The Morgan fingerprint density at radius 1 is 1.40 bits per heavy atom. The monoisotopic (exact) mass is 278 g/mol. The molecule has 0 heterocycles. The van der Waals surface area contributed by atoms with E-state index < -0.39 is 6.10 Å². The zero-order valence-electron chi connectivity index (χ0n) is 13.1. The van der Waals surface area contributed by atoms with E-state index >= 15 is 0 Å². The highest BCUT2D eigenvalue weighted by Gasteiger charge is 2.20. The van der Waals surface area contributed by atoms with Crippen LogP contribution in [0.4, 0.5) is 0 Å². The third-order valence-electron chi connectivity index (χ3n) is 3.30. The van der Waals surface area contributed by atoms with Gasteiger partial charge in [-0.05, 0) is 36.0 Å². The maximum absolute atomic E-state index is 11.7. The van der Waals surface area contributed by atoms with Gasteiger partial charge in [0.2, 0.25) is 0 Å². The fourth-order valence-corrected chi connectivity index (χ4v) is 2.00. The van der Waals surface area contributed by atoms with E-state index in [1.165, 1.54) is 5.56 Å². The lowest BCUT2D eigenvalue weighted by atomic mass is 9.86. The van der Waals surface area contributed by atoms with Gasteiger partial charge in [-0.3, -0.25) is 10.2 Å². The van der Waals surface area contributed by atoms with Crippen molar-refractivity contribution >= 4 is 5.91 Å². The number of amides is 1. The second-order valence-electron chi connectivity index (χ2n) is 6.13. The minimum atomic E-state index is -0.538. The van der Waals surface area contributed by atoms with Gasteiger partial charge in [-0.25, -0.2) is 5.84 Å². The molecule has 0 fully saturated rings. The molecule has 0 aliphatic rings. The highest BCUT2D eigenvalue weighted by atomic mass is 16.5. The number of benzene rings is 1. The number of aryl methyl sites for hydroxylation is 1. The van der Waals surface area contributed by atoms with E-state index in [0.717, 1.165) is 17.7 Å². The van der Waals surface area contributed by atoms with Crippen LogP contribution in [0.3, 0.4) is 0 Å². The zero-order valence-corrected chi connectivity index (χ0v) is 13.1. The predicted octanol–water partition coefficient (Wildman–Crippen LogP) is 2.83. The van der Waals surface area contributed by atoms with Gasteiger partial charge in [0.15, 0.2) is 6.10 Å². The standard InChI is InChI=1S/C16H26N2O2/c1-6-7-14(15(19)18-17)20-13-9-8-12(10-11(13)2)16(3,4)5/h8-10,14H,6-7,17H2,1-5H3,(H,18,19). The summed E-state index contributed by atoms with van der Waals surface area (Å²) in [5.41, 5.74) is 4.54. The van der Waals surface area contributed by atoms with Crippen molar-refractivity contribution in [2.24, 2.45) is 5.84 Å². The number of hydrogen-bond acceptors (Lipinski definition) is 3. The first-order chi connectivity index (χ1) is 9.29. The number of ether oxygens (including phenoxy) is 1. The Hall–Kier alpha value is -1.55. The van der Waals surface area contributed by atoms with Crippen molar-refractivity contribution in [3.8, 4) is 5.75 Å². The third-order valence-corrected chi connectivity index (χ3v) is 3.30. The summed E-state index contributed by atoms with van der Waals surface area (Å²) in [5.74, 6) is 5.65. The molecule has 1 aromatic carbocycles. The van der Waals surface area contributed by atoms with Crippen molar-refractivity contribution in [1.29, 1.82) is 0 Å². The van der Waals surface area contributed by atoms with Crippen LogP contribution in [0.25, 0.3) is 0 Å². The van der Waals surface area contributed by atoms with Gasteiger partial charge in [-0.1, -0.05) is 46.2 Å². The predicted molar refractivity (Wildman–Crippen MR) is 81.5 cm³/mol. The second kappa shape index (κ2) is 6.75. The van der Waals surface area contributed by atoms with Crippen molar-refractivity contribution in [1.82, 2.24) is 5.43 Å². The summed E-state index contributed by atoms with van der Waals surface area (Å²) in [6.45, 7) is 10.5. The van der Waals surface area contributed by atoms with Crippen LogP contribution in [0, 0.1) is 6.92 Å². The Labute approximate surface area is 121 Å². The largest absolute Gasteiger partial charge is 0.480 e. The Morgan fingerprint density at radius 3 is 2.50 bits per heavy atom. The molecule has 4 heteroatoms. The van der Waals surface area contributed by atoms with E-state index in [0.29, 0.717) is 6.42 Å². The first-order valence-electron chi connectivity index (χ1n) is 7.07. The van der Waals surface area contributed by atoms with Crippen LogP contribution in [-0.2, 0) is 10.2 Å². The number of nitrogens with one attached hydrogen (secondary N) is 1. The summed E-state index contributed by atoms with van der Waals surface area (Å²) in [4.78, 5) is 11.7. The van der Waals surface area contributed by atoms with Gasteiger partial charge in [0, 0.05) is 0 Å². The normalized spacial score (nSPS) is 12.9. The molecular formula is C16H26N2O2. The average Bonchev–Trinajstić information content (AvgIpc) is 2.38. The first-order valence-corrected chi connectivity index (χ1v) is 7.07. The minimum absolute atomic E-state index is 0.0980. The quantitative estimate of drug-likeness (QED) is 0.494. The molecule has 0 bridgehead atoms. The fraction of sp³-hybridized carbons (Fsp3) is 0.562. The van der Waals surface area contributed by atoms with Crippen LogP contribution in [0.1, 0.15) is 51.7 Å². The van der Waals surface area contributed by atoms with E-state index in [9.17, 15) is 4.79 Å². The highest BCUT2D eigenvalue weighted by Crippen LogP contribution is 2.28. The molecule has 1 rings (SSSR count). The van der Waals surface area contributed by atoms with Gasteiger partial charge in [-0.15, -0.1) is 0 Å². The zero-order chi connectivity index (χ0) is 15.3. The molecule has 1 unspecified atom stereocenters.